The molecule has 1 aliphatic heterocycles. The molecule has 2 aliphatic rings. The standard InChI is InChI=1S/C15H29N3O/c1-13(16)15(19)18-9-5-8-17(10-11-18)12-14-6-3-2-4-7-14/h13-14H,2-12,16H2,1H3. The molecule has 2 N–H and O–H groups in total. The molecule has 1 heterocycles. The molecule has 19 heavy (non-hydrogen) atoms. The SMILES string of the molecule is CC(N)C(=O)N1CCCN(CC2CCCCC2)CC1. The molecular weight excluding hydrogens is 238 g/mol. The molecule has 0 spiro atoms. The zero-order valence-electron chi connectivity index (χ0n) is 12.3. The maximum atomic E-state index is 11.9. The van der Waals surface area contributed by atoms with Gasteiger partial charge in [0.2, 0.25) is 5.91 Å². The lowest BCUT2D eigenvalue weighted by molar-refractivity contribution is -0.132. The summed E-state index contributed by atoms with van der Waals surface area (Å²) in [5.74, 6) is 1.00. The Balaban J connectivity index is 1.77. The predicted molar refractivity (Wildman–Crippen MR) is 77.9 cm³/mol. The lowest BCUT2D eigenvalue weighted by Gasteiger charge is -2.29. The highest BCUT2D eigenvalue weighted by Gasteiger charge is 2.23. The van der Waals surface area contributed by atoms with E-state index in [1.165, 1.54) is 38.6 Å². The molecule has 4 heteroatoms. The lowest BCUT2D eigenvalue weighted by atomic mass is 9.89. The number of amides is 1. The van der Waals surface area contributed by atoms with Crippen molar-refractivity contribution in [3.05, 3.63) is 0 Å². The van der Waals surface area contributed by atoms with Crippen LogP contribution in [0.3, 0.4) is 0 Å². The van der Waals surface area contributed by atoms with E-state index in [1.807, 2.05) is 4.90 Å². The molecule has 1 unspecified atom stereocenters. The van der Waals surface area contributed by atoms with Gasteiger partial charge in [-0.2, -0.15) is 0 Å². The Labute approximate surface area is 117 Å². The van der Waals surface area contributed by atoms with E-state index in [2.05, 4.69) is 4.90 Å². The largest absolute Gasteiger partial charge is 0.340 e. The fraction of sp³-hybridized carbons (Fsp3) is 0.933. The third kappa shape index (κ3) is 4.46. The third-order valence-electron chi connectivity index (χ3n) is 4.53. The molecule has 1 saturated heterocycles. The number of carbonyl (C=O) groups is 1. The zero-order chi connectivity index (χ0) is 13.7. The van der Waals surface area contributed by atoms with E-state index < -0.39 is 0 Å². The maximum absolute atomic E-state index is 11.9. The van der Waals surface area contributed by atoms with Gasteiger partial charge in [-0.05, 0) is 38.6 Å². The van der Waals surface area contributed by atoms with Gasteiger partial charge in [-0.15, -0.1) is 0 Å². The lowest BCUT2D eigenvalue weighted by Crippen LogP contribution is -2.44. The summed E-state index contributed by atoms with van der Waals surface area (Å²) in [6.07, 6.45) is 8.14. The second-order valence-corrected chi connectivity index (χ2v) is 6.27. The van der Waals surface area contributed by atoms with Crippen molar-refractivity contribution >= 4 is 5.91 Å². The second-order valence-electron chi connectivity index (χ2n) is 6.27. The van der Waals surface area contributed by atoms with Gasteiger partial charge in [-0.25, -0.2) is 0 Å². The van der Waals surface area contributed by atoms with Gasteiger partial charge in [0.1, 0.15) is 0 Å². The first-order valence-electron chi connectivity index (χ1n) is 7.93. The van der Waals surface area contributed by atoms with Crippen molar-refractivity contribution in [2.75, 3.05) is 32.7 Å². The van der Waals surface area contributed by atoms with Crippen molar-refractivity contribution < 1.29 is 4.79 Å². The van der Waals surface area contributed by atoms with E-state index in [4.69, 9.17) is 5.73 Å². The van der Waals surface area contributed by atoms with Crippen LogP contribution in [0, 0.1) is 5.92 Å². The average molecular weight is 267 g/mol. The quantitative estimate of drug-likeness (QED) is 0.842. The molecule has 2 fully saturated rings. The molecule has 1 saturated carbocycles. The fourth-order valence-corrected chi connectivity index (χ4v) is 3.40. The van der Waals surface area contributed by atoms with Crippen LogP contribution in [0.15, 0.2) is 0 Å². The van der Waals surface area contributed by atoms with Crippen LogP contribution in [0.4, 0.5) is 0 Å². The maximum Gasteiger partial charge on any atom is 0.239 e. The van der Waals surface area contributed by atoms with Crippen molar-refractivity contribution in [2.24, 2.45) is 11.7 Å². The Morgan fingerprint density at radius 2 is 1.84 bits per heavy atom. The highest BCUT2D eigenvalue weighted by atomic mass is 16.2. The number of nitrogens with zero attached hydrogens (tertiary/aromatic N) is 2. The molecule has 1 atom stereocenters. The van der Waals surface area contributed by atoms with Crippen LogP contribution in [0.1, 0.15) is 45.4 Å². The van der Waals surface area contributed by atoms with Gasteiger partial charge in [0, 0.05) is 26.2 Å². The number of nitrogens with two attached hydrogens (primary N) is 1. The number of hydrogen-bond donors (Lipinski definition) is 1. The van der Waals surface area contributed by atoms with Crippen LogP contribution in [0.2, 0.25) is 0 Å². The summed E-state index contributed by atoms with van der Waals surface area (Å²) in [7, 11) is 0. The minimum atomic E-state index is -0.357. The van der Waals surface area contributed by atoms with Gasteiger partial charge in [-0.3, -0.25) is 4.79 Å². The molecule has 1 aliphatic carbocycles. The van der Waals surface area contributed by atoms with Crippen LogP contribution in [0.5, 0.6) is 0 Å². The Morgan fingerprint density at radius 3 is 2.53 bits per heavy atom. The second kappa shape index (κ2) is 7.25. The van der Waals surface area contributed by atoms with E-state index in [9.17, 15) is 4.79 Å². The van der Waals surface area contributed by atoms with Gasteiger partial charge in [-0.1, -0.05) is 19.3 Å². The summed E-state index contributed by atoms with van der Waals surface area (Å²) < 4.78 is 0. The van der Waals surface area contributed by atoms with Gasteiger partial charge in [0.05, 0.1) is 6.04 Å². The van der Waals surface area contributed by atoms with E-state index >= 15 is 0 Å². The van der Waals surface area contributed by atoms with Crippen LogP contribution in [0.25, 0.3) is 0 Å². The van der Waals surface area contributed by atoms with Crippen LogP contribution < -0.4 is 5.73 Å². The molecular formula is C15H29N3O. The minimum Gasteiger partial charge on any atom is -0.340 e. The van der Waals surface area contributed by atoms with E-state index in [0.29, 0.717) is 0 Å². The molecule has 4 nitrogen and oxygen atoms in total. The summed E-state index contributed by atoms with van der Waals surface area (Å²) in [5.41, 5.74) is 5.70. The minimum absolute atomic E-state index is 0.111. The topological polar surface area (TPSA) is 49.6 Å². The van der Waals surface area contributed by atoms with E-state index in [1.54, 1.807) is 6.92 Å². The van der Waals surface area contributed by atoms with Crippen LogP contribution >= 0.6 is 0 Å². The molecule has 110 valence electrons. The Kier molecular flexibility index (Phi) is 5.64. The fourth-order valence-electron chi connectivity index (χ4n) is 3.40. The van der Waals surface area contributed by atoms with Crippen molar-refractivity contribution in [1.82, 2.24) is 9.80 Å². The van der Waals surface area contributed by atoms with Crippen molar-refractivity contribution in [3.63, 3.8) is 0 Å². The predicted octanol–water partition coefficient (Wildman–Crippen LogP) is 1.45. The molecule has 2 rings (SSSR count). The molecule has 0 bridgehead atoms. The highest BCUT2D eigenvalue weighted by Crippen LogP contribution is 2.24. The van der Waals surface area contributed by atoms with Crippen molar-refractivity contribution in [1.29, 1.82) is 0 Å². The summed E-state index contributed by atoms with van der Waals surface area (Å²) in [4.78, 5) is 16.4. The van der Waals surface area contributed by atoms with Gasteiger partial charge in [0.25, 0.3) is 0 Å². The molecule has 1 amide bonds. The zero-order valence-corrected chi connectivity index (χ0v) is 12.3. The first-order chi connectivity index (χ1) is 9.16. The average Bonchev–Trinajstić information content (AvgIpc) is 2.64. The number of carbonyl (C=O) groups excluding carboxylic acids is 1. The van der Waals surface area contributed by atoms with E-state index in [-0.39, 0.29) is 11.9 Å². The summed E-state index contributed by atoms with van der Waals surface area (Å²) in [6, 6.07) is -0.357. The van der Waals surface area contributed by atoms with Gasteiger partial charge >= 0.3 is 0 Å². The Bertz CT molecular complexity index is 287. The Morgan fingerprint density at radius 1 is 1.11 bits per heavy atom. The smallest absolute Gasteiger partial charge is 0.239 e. The highest BCUT2D eigenvalue weighted by molar-refractivity contribution is 5.81. The van der Waals surface area contributed by atoms with Gasteiger partial charge in [0.15, 0.2) is 0 Å². The monoisotopic (exact) mass is 267 g/mol. The summed E-state index contributed by atoms with van der Waals surface area (Å²) >= 11 is 0. The van der Waals surface area contributed by atoms with E-state index in [0.717, 1.165) is 38.5 Å². The number of rotatable bonds is 3. The summed E-state index contributed by atoms with van der Waals surface area (Å²) in [6.45, 7) is 6.91. The molecule has 0 aromatic rings. The molecule has 0 aromatic carbocycles. The number of hydrogen-bond acceptors (Lipinski definition) is 3. The van der Waals surface area contributed by atoms with Crippen LogP contribution in [-0.4, -0.2) is 54.5 Å². The van der Waals surface area contributed by atoms with Crippen molar-refractivity contribution in [3.8, 4) is 0 Å². The molecule has 0 aromatic heterocycles. The van der Waals surface area contributed by atoms with Crippen molar-refractivity contribution in [2.45, 2.75) is 51.5 Å². The first-order valence-corrected chi connectivity index (χ1v) is 7.93. The van der Waals surface area contributed by atoms with Crippen LogP contribution in [-0.2, 0) is 4.79 Å². The normalized spacial score (nSPS) is 25.1. The Hall–Kier alpha value is -0.610. The third-order valence-corrected chi connectivity index (χ3v) is 4.53. The molecule has 0 radical (unpaired) electrons. The van der Waals surface area contributed by atoms with Gasteiger partial charge < -0.3 is 15.5 Å². The first kappa shape index (κ1) is 14.8. The summed E-state index contributed by atoms with van der Waals surface area (Å²) in [5, 5.41) is 0.